The summed E-state index contributed by atoms with van der Waals surface area (Å²) >= 11 is 0. The van der Waals surface area contributed by atoms with E-state index in [1.807, 2.05) is 6.07 Å². The van der Waals surface area contributed by atoms with Crippen molar-refractivity contribution < 1.29 is 9.26 Å². The normalized spacial score (nSPS) is 16.7. The molecule has 0 spiro atoms. The maximum atomic E-state index is 5.41. The lowest BCUT2D eigenvalue weighted by molar-refractivity contribution is -0.0971. The van der Waals surface area contributed by atoms with Crippen LogP contribution in [0, 0.1) is 5.41 Å². The van der Waals surface area contributed by atoms with E-state index in [1.54, 1.807) is 7.05 Å². The molecule has 0 bridgehead atoms. The van der Waals surface area contributed by atoms with Crippen LogP contribution in [0.3, 0.4) is 0 Å². The molecule has 6 nitrogen and oxygen atoms in total. The summed E-state index contributed by atoms with van der Waals surface area (Å²) in [5.74, 6) is 2.09. The molecule has 1 aliphatic heterocycles. The number of aromatic nitrogens is 1. The Morgan fingerprint density at radius 2 is 2.04 bits per heavy atom. The molecule has 2 rings (SSSR count). The number of hydrogen-bond donors (Lipinski definition) is 2. The number of rotatable bonds is 7. The fourth-order valence-electron chi connectivity index (χ4n) is 2.55. The molecule has 23 heavy (non-hydrogen) atoms. The first-order chi connectivity index (χ1) is 10.6. The topological polar surface area (TPSA) is 71.7 Å². The molecule has 1 aliphatic rings. The zero-order chi connectivity index (χ0) is 16.0. The predicted molar refractivity (Wildman–Crippen MR) is 102 cm³/mol. The van der Waals surface area contributed by atoms with E-state index >= 15 is 0 Å². The van der Waals surface area contributed by atoms with Gasteiger partial charge in [-0.25, -0.2) is 0 Å². The molecule has 0 aliphatic carbocycles. The molecule has 1 fully saturated rings. The highest BCUT2D eigenvalue weighted by Crippen LogP contribution is 2.25. The van der Waals surface area contributed by atoms with Crippen LogP contribution in [0.2, 0.25) is 0 Å². The van der Waals surface area contributed by atoms with Gasteiger partial charge in [-0.15, -0.1) is 24.0 Å². The summed E-state index contributed by atoms with van der Waals surface area (Å²) < 4.78 is 10.7. The van der Waals surface area contributed by atoms with Gasteiger partial charge in [0.15, 0.2) is 11.7 Å². The first-order valence-electron chi connectivity index (χ1n) is 8.08. The van der Waals surface area contributed by atoms with E-state index in [9.17, 15) is 0 Å². The van der Waals surface area contributed by atoms with E-state index < -0.39 is 0 Å². The maximum Gasteiger partial charge on any atom is 0.191 e. The third kappa shape index (κ3) is 5.63. The minimum absolute atomic E-state index is 0. The number of halogens is 1. The van der Waals surface area contributed by atoms with Gasteiger partial charge in [-0.05, 0) is 12.8 Å². The molecule has 0 amide bonds. The molecule has 2 heterocycles. The van der Waals surface area contributed by atoms with Gasteiger partial charge in [0.05, 0.1) is 25.5 Å². The van der Waals surface area contributed by atoms with Crippen molar-refractivity contribution in [2.24, 2.45) is 10.4 Å². The molecule has 1 aromatic heterocycles. The number of nitrogens with one attached hydrogen (secondary N) is 2. The second kappa shape index (κ2) is 9.46. The summed E-state index contributed by atoms with van der Waals surface area (Å²) in [6.07, 6.45) is 2.17. The van der Waals surface area contributed by atoms with Gasteiger partial charge in [0.1, 0.15) is 0 Å². The van der Waals surface area contributed by atoms with Crippen molar-refractivity contribution in [1.82, 2.24) is 15.8 Å². The van der Waals surface area contributed by atoms with Crippen molar-refractivity contribution in [3.63, 3.8) is 0 Å². The van der Waals surface area contributed by atoms with Crippen molar-refractivity contribution >= 4 is 29.9 Å². The summed E-state index contributed by atoms with van der Waals surface area (Å²) in [7, 11) is 1.77. The standard InChI is InChI=1S/C16H28N4O2.HI/c1-5-12(6-2)14-7-13(22-20-14)8-18-15(17-4)19-9-16(3)10-21-11-16;/h7,12H,5-6,8-11H2,1-4H3,(H2,17,18,19);1H. The largest absolute Gasteiger partial charge is 0.380 e. The number of nitrogens with zero attached hydrogens (tertiary/aromatic N) is 2. The predicted octanol–water partition coefficient (Wildman–Crippen LogP) is 2.90. The summed E-state index contributed by atoms with van der Waals surface area (Å²) in [5.41, 5.74) is 1.26. The van der Waals surface area contributed by atoms with Gasteiger partial charge in [-0.2, -0.15) is 0 Å². The van der Waals surface area contributed by atoms with Crippen molar-refractivity contribution in [3.05, 3.63) is 17.5 Å². The molecule has 0 radical (unpaired) electrons. The number of hydrogen-bond acceptors (Lipinski definition) is 4. The Morgan fingerprint density at radius 3 is 2.57 bits per heavy atom. The van der Waals surface area contributed by atoms with Crippen LogP contribution in [0.25, 0.3) is 0 Å². The molecule has 0 unspecified atom stereocenters. The van der Waals surface area contributed by atoms with Gasteiger partial charge in [0, 0.05) is 31.0 Å². The van der Waals surface area contributed by atoms with Gasteiger partial charge >= 0.3 is 0 Å². The van der Waals surface area contributed by atoms with E-state index in [0.717, 1.165) is 50.0 Å². The second-order valence-corrected chi connectivity index (χ2v) is 6.31. The monoisotopic (exact) mass is 436 g/mol. The molecule has 7 heteroatoms. The number of ether oxygens (including phenoxy) is 1. The van der Waals surface area contributed by atoms with Crippen molar-refractivity contribution in [2.75, 3.05) is 26.8 Å². The molecule has 2 N–H and O–H groups in total. The van der Waals surface area contributed by atoms with E-state index in [2.05, 4.69) is 41.6 Å². The lowest BCUT2D eigenvalue weighted by atomic mass is 9.89. The Balaban J connectivity index is 0.00000264. The smallest absolute Gasteiger partial charge is 0.191 e. The summed E-state index contributed by atoms with van der Waals surface area (Å²) in [5, 5.41) is 10.8. The van der Waals surface area contributed by atoms with Crippen LogP contribution in [0.15, 0.2) is 15.6 Å². The van der Waals surface area contributed by atoms with Gasteiger partial charge in [0.25, 0.3) is 0 Å². The molecule has 0 atom stereocenters. The first kappa shape index (κ1) is 20.2. The van der Waals surface area contributed by atoms with E-state index in [4.69, 9.17) is 9.26 Å². The van der Waals surface area contributed by atoms with Crippen LogP contribution in [0.1, 0.15) is 51.0 Å². The van der Waals surface area contributed by atoms with Gasteiger partial charge < -0.3 is 19.9 Å². The van der Waals surface area contributed by atoms with Crippen LogP contribution >= 0.6 is 24.0 Å². The van der Waals surface area contributed by atoms with E-state index in [0.29, 0.717) is 12.5 Å². The number of aliphatic imine (C=N–C) groups is 1. The minimum atomic E-state index is 0. The van der Waals surface area contributed by atoms with E-state index in [-0.39, 0.29) is 29.4 Å². The minimum Gasteiger partial charge on any atom is -0.380 e. The van der Waals surface area contributed by atoms with Crippen LogP contribution < -0.4 is 10.6 Å². The molecule has 1 saturated heterocycles. The summed E-state index contributed by atoms with van der Waals surface area (Å²) in [6.45, 7) is 9.60. The van der Waals surface area contributed by atoms with Crippen LogP contribution in [-0.4, -0.2) is 37.9 Å². The second-order valence-electron chi connectivity index (χ2n) is 6.31. The van der Waals surface area contributed by atoms with Gasteiger partial charge in [-0.3, -0.25) is 4.99 Å². The van der Waals surface area contributed by atoms with Gasteiger partial charge in [0.2, 0.25) is 0 Å². The van der Waals surface area contributed by atoms with Crippen molar-refractivity contribution in [3.8, 4) is 0 Å². The van der Waals surface area contributed by atoms with Crippen LogP contribution in [0.5, 0.6) is 0 Å². The zero-order valence-electron chi connectivity index (χ0n) is 14.5. The lowest BCUT2D eigenvalue weighted by Crippen LogP contribution is -2.50. The molecule has 0 aromatic carbocycles. The Labute approximate surface area is 155 Å². The average molecular weight is 436 g/mol. The summed E-state index contributed by atoms with van der Waals surface area (Å²) in [4.78, 5) is 4.23. The Bertz CT molecular complexity index is 496. The zero-order valence-corrected chi connectivity index (χ0v) is 16.8. The highest BCUT2D eigenvalue weighted by atomic mass is 127. The molecule has 0 saturated carbocycles. The summed E-state index contributed by atoms with van der Waals surface area (Å²) in [6, 6.07) is 2.04. The van der Waals surface area contributed by atoms with Crippen LogP contribution in [0.4, 0.5) is 0 Å². The quantitative estimate of drug-likeness (QED) is 0.391. The van der Waals surface area contributed by atoms with Crippen molar-refractivity contribution in [2.45, 2.75) is 46.1 Å². The van der Waals surface area contributed by atoms with Crippen LogP contribution in [-0.2, 0) is 11.3 Å². The Morgan fingerprint density at radius 1 is 1.35 bits per heavy atom. The van der Waals surface area contributed by atoms with Gasteiger partial charge in [-0.1, -0.05) is 25.9 Å². The Hall–Kier alpha value is -0.830. The highest BCUT2D eigenvalue weighted by Gasteiger charge is 2.33. The molecular weight excluding hydrogens is 407 g/mol. The Kier molecular flexibility index (Phi) is 8.32. The molecule has 132 valence electrons. The fourth-order valence-corrected chi connectivity index (χ4v) is 2.55. The molecular formula is C16H29IN4O2. The third-order valence-electron chi connectivity index (χ3n) is 4.22. The van der Waals surface area contributed by atoms with Crippen molar-refractivity contribution in [1.29, 1.82) is 0 Å². The maximum absolute atomic E-state index is 5.41. The SMILES string of the molecule is CCC(CC)c1cc(CNC(=NC)NCC2(C)COC2)on1.I. The highest BCUT2D eigenvalue weighted by molar-refractivity contribution is 14.0. The first-order valence-corrected chi connectivity index (χ1v) is 8.08. The average Bonchev–Trinajstić information content (AvgIpc) is 2.95. The number of guanidine groups is 1. The lowest BCUT2D eigenvalue weighted by Gasteiger charge is -2.38. The fraction of sp³-hybridized carbons (Fsp3) is 0.750. The molecule has 1 aromatic rings. The van der Waals surface area contributed by atoms with E-state index in [1.165, 1.54) is 0 Å². The third-order valence-corrected chi connectivity index (χ3v) is 4.22.